The van der Waals surface area contributed by atoms with Crippen LogP contribution in [0.3, 0.4) is 0 Å². The van der Waals surface area contributed by atoms with Crippen LogP contribution in [0.25, 0.3) is 0 Å². The van der Waals surface area contributed by atoms with E-state index >= 15 is 0 Å². The minimum absolute atomic E-state index is 0. The van der Waals surface area contributed by atoms with Crippen molar-refractivity contribution in [3.63, 3.8) is 0 Å². The van der Waals surface area contributed by atoms with Gasteiger partial charge >= 0.3 is 75.5 Å². The topological polar surface area (TPSA) is 241 Å². The Morgan fingerprint density at radius 3 is 0.412 bits per heavy atom. The van der Waals surface area contributed by atoms with Gasteiger partial charge in [0.25, 0.3) is 0 Å². The molecule has 0 aliphatic carbocycles. The molecule has 0 N–H and O–H groups in total. The average molecular weight is 618 g/mol. The van der Waals surface area contributed by atoms with E-state index in [2.05, 4.69) is 0 Å². The van der Waals surface area contributed by atoms with E-state index in [1.165, 1.54) is 0 Å². The van der Waals surface area contributed by atoms with Crippen LogP contribution < -0.4 is 0 Å². The molecule has 0 spiro atoms. The minimum Gasteiger partial charge on any atom is -0.759 e. The van der Waals surface area contributed by atoms with Crippen molar-refractivity contribution >= 4 is 31.2 Å². The summed E-state index contributed by atoms with van der Waals surface area (Å²) in [6.45, 7) is 0. The Hall–Kier alpha value is 2.13. The zero-order valence-corrected chi connectivity index (χ0v) is 13.0. The normalized spacial score (nSPS) is 10.2. The SMILES string of the molecule is O=S(=O)([O-])[O-].O=S(=O)([O-])[O-].O=S(=O)([O-])[O-].[Ho+3].[Ho+3]. The maximum atomic E-state index is 8.52. The number of hydrogen-bond donors (Lipinski definition) is 0. The summed E-state index contributed by atoms with van der Waals surface area (Å²) in [5, 5.41) is 0. The predicted octanol–water partition coefficient (Wildman–Crippen LogP) is -4.01. The van der Waals surface area contributed by atoms with Crippen molar-refractivity contribution in [2.24, 2.45) is 0 Å². The van der Waals surface area contributed by atoms with Gasteiger partial charge in [0.2, 0.25) is 0 Å². The third kappa shape index (κ3) is 1040. The van der Waals surface area contributed by atoms with E-state index in [1.807, 2.05) is 0 Å². The molecule has 0 aliphatic heterocycles. The van der Waals surface area contributed by atoms with Crippen molar-refractivity contribution in [2.45, 2.75) is 0 Å². The first-order valence-corrected chi connectivity index (χ1v) is 6.00. The van der Waals surface area contributed by atoms with E-state index in [4.69, 9.17) is 52.6 Å². The smallest absolute Gasteiger partial charge is 0.759 e. The molecule has 0 bridgehead atoms. The molecule has 12 nitrogen and oxygen atoms in total. The van der Waals surface area contributed by atoms with Gasteiger partial charge in [0.1, 0.15) is 0 Å². The van der Waals surface area contributed by atoms with Gasteiger partial charge in [-0.05, 0) is 0 Å². The van der Waals surface area contributed by atoms with Gasteiger partial charge in [-0.3, -0.25) is 25.3 Å². The van der Waals surface area contributed by atoms with Crippen molar-refractivity contribution < 1.29 is 128 Å². The van der Waals surface area contributed by atoms with Crippen LogP contribution in [0, 0.1) is 75.5 Å². The van der Waals surface area contributed by atoms with Gasteiger partial charge in [-0.1, -0.05) is 0 Å². The molecule has 17 heteroatoms. The van der Waals surface area contributed by atoms with E-state index in [0.717, 1.165) is 0 Å². The molecule has 0 atom stereocenters. The molecule has 0 fully saturated rings. The molecule has 112 valence electrons. The molecule has 0 saturated heterocycles. The molecule has 0 aliphatic rings. The van der Waals surface area contributed by atoms with Crippen LogP contribution >= 0.6 is 0 Å². The molecule has 0 aromatic heterocycles. The Balaban J connectivity index is -0.0000000400. The summed E-state index contributed by atoms with van der Waals surface area (Å²) in [6.07, 6.45) is 0. The Morgan fingerprint density at radius 2 is 0.412 bits per heavy atom. The third-order valence-corrected chi connectivity index (χ3v) is 0. The Labute approximate surface area is 157 Å². The van der Waals surface area contributed by atoms with Gasteiger partial charge in [-0.2, -0.15) is 0 Å². The molecular formula is Ho2O12S3. The first-order chi connectivity index (χ1) is 6.00. The third-order valence-electron chi connectivity index (χ3n) is 0. The molecule has 0 aromatic rings. The monoisotopic (exact) mass is 618 g/mol. The van der Waals surface area contributed by atoms with Crippen molar-refractivity contribution in [3.05, 3.63) is 0 Å². The summed E-state index contributed by atoms with van der Waals surface area (Å²) < 4.78 is 102. The molecule has 0 amide bonds. The van der Waals surface area contributed by atoms with Crippen LogP contribution in [0.15, 0.2) is 0 Å². The Bertz CT molecular complexity index is 341. The number of rotatable bonds is 0. The maximum Gasteiger partial charge on any atom is 3.00 e. The second kappa shape index (κ2) is 13.1. The molecule has 0 aromatic carbocycles. The first kappa shape index (κ1) is 31.5. The summed E-state index contributed by atoms with van der Waals surface area (Å²) in [5.41, 5.74) is 0. The number of hydrogen-bond acceptors (Lipinski definition) is 12. The van der Waals surface area contributed by atoms with Gasteiger partial charge in [0.15, 0.2) is 0 Å². The second-order valence-electron chi connectivity index (χ2n) is 1.22. The molecule has 0 heterocycles. The molecule has 17 heavy (non-hydrogen) atoms. The van der Waals surface area contributed by atoms with Gasteiger partial charge in [0, 0.05) is 31.2 Å². The summed E-state index contributed by atoms with van der Waals surface area (Å²) >= 11 is 0. The zero-order chi connectivity index (χ0) is 13.5. The van der Waals surface area contributed by atoms with Gasteiger partial charge in [-0.15, -0.1) is 0 Å². The van der Waals surface area contributed by atoms with E-state index < -0.39 is 31.2 Å². The summed E-state index contributed by atoms with van der Waals surface area (Å²) in [6, 6.07) is 0. The quantitative estimate of drug-likeness (QED) is 0.143. The van der Waals surface area contributed by atoms with Crippen LogP contribution in [0.4, 0.5) is 0 Å². The molecule has 0 rings (SSSR count). The van der Waals surface area contributed by atoms with Crippen LogP contribution in [0.2, 0.25) is 0 Å². The Kier molecular flexibility index (Phi) is 24.3. The molecule has 0 unspecified atom stereocenters. The molecule has 0 radical (unpaired) electrons. The first-order valence-electron chi connectivity index (χ1n) is 2.00. The second-order valence-corrected chi connectivity index (χ2v) is 3.67. The largest absolute Gasteiger partial charge is 3.00 e. The maximum absolute atomic E-state index is 8.52. The van der Waals surface area contributed by atoms with E-state index in [-0.39, 0.29) is 75.5 Å². The van der Waals surface area contributed by atoms with E-state index in [9.17, 15) is 0 Å². The predicted molar refractivity (Wildman–Crippen MR) is 31.4 cm³/mol. The van der Waals surface area contributed by atoms with Crippen LogP contribution in [0.1, 0.15) is 0 Å². The van der Waals surface area contributed by atoms with E-state index in [0.29, 0.717) is 0 Å². The summed E-state index contributed by atoms with van der Waals surface area (Å²) in [5.74, 6) is 0. The fourth-order valence-electron chi connectivity index (χ4n) is 0. The Morgan fingerprint density at radius 1 is 0.412 bits per heavy atom. The van der Waals surface area contributed by atoms with Crippen molar-refractivity contribution in [3.8, 4) is 0 Å². The van der Waals surface area contributed by atoms with Crippen molar-refractivity contribution in [1.82, 2.24) is 0 Å². The van der Waals surface area contributed by atoms with Gasteiger partial charge < -0.3 is 27.3 Å². The van der Waals surface area contributed by atoms with Crippen LogP contribution in [-0.2, 0) is 31.2 Å². The van der Waals surface area contributed by atoms with Crippen molar-refractivity contribution in [1.29, 1.82) is 0 Å². The standard InChI is InChI=1S/2Ho.3H2O4S/c;;3*1-5(2,3)4/h;;3*(H2,1,2,3,4)/q2*+3;;;/p-6. The fraction of sp³-hybridized carbons (Fsp3) is 0. The minimum atomic E-state index is -5.17. The fourth-order valence-corrected chi connectivity index (χ4v) is 0. The molecule has 0 saturated carbocycles. The molecular weight excluding hydrogens is 618 g/mol. The van der Waals surface area contributed by atoms with Gasteiger partial charge in [-0.25, -0.2) is 0 Å². The summed E-state index contributed by atoms with van der Waals surface area (Å²) in [7, 11) is -15.5. The van der Waals surface area contributed by atoms with Gasteiger partial charge in [0.05, 0.1) is 0 Å². The van der Waals surface area contributed by atoms with E-state index in [1.54, 1.807) is 0 Å². The zero-order valence-electron chi connectivity index (χ0n) is 6.73. The summed E-state index contributed by atoms with van der Waals surface area (Å²) in [4.78, 5) is 0. The van der Waals surface area contributed by atoms with Crippen molar-refractivity contribution in [2.75, 3.05) is 0 Å². The average Bonchev–Trinajstić information content (AvgIpc) is 1.41. The van der Waals surface area contributed by atoms with Crippen LogP contribution in [0.5, 0.6) is 0 Å². The van der Waals surface area contributed by atoms with Crippen LogP contribution in [-0.4, -0.2) is 52.6 Å².